The van der Waals surface area contributed by atoms with Crippen molar-refractivity contribution in [2.45, 2.75) is 32.2 Å². The van der Waals surface area contributed by atoms with Crippen LogP contribution in [-0.4, -0.2) is 40.0 Å². The third-order valence-corrected chi connectivity index (χ3v) is 5.12. The maximum atomic E-state index is 12.8. The quantitative estimate of drug-likeness (QED) is 0.651. The SMILES string of the molecule is CC(=O)Nc1ccc(-c2noc(C3CCCCN3C(=O)COc3ccccc3)n2)cc1. The van der Waals surface area contributed by atoms with Crippen LogP contribution in [0.5, 0.6) is 5.75 Å². The van der Waals surface area contributed by atoms with Crippen LogP contribution in [0.15, 0.2) is 59.1 Å². The van der Waals surface area contributed by atoms with Crippen LogP contribution >= 0.6 is 0 Å². The van der Waals surface area contributed by atoms with E-state index in [0.29, 0.717) is 29.7 Å². The monoisotopic (exact) mass is 420 g/mol. The highest BCUT2D eigenvalue weighted by Crippen LogP contribution is 2.31. The maximum absolute atomic E-state index is 12.8. The van der Waals surface area contributed by atoms with Gasteiger partial charge in [0, 0.05) is 24.7 Å². The minimum absolute atomic E-state index is 0.0356. The fourth-order valence-corrected chi connectivity index (χ4v) is 3.63. The zero-order valence-electron chi connectivity index (χ0n) is 17.3. The summed E-state index contributed by atoms with van der Waals surface area (Å²) in [7, 11) is 0. The predicted octanol–water partition coefficient (Wildman–Crippen LogP) is 3.83. The first kappa shape index (κ1) is 20.6. The number of para-hydroxylation sites is 1. The molecule has 1 aliphatic rings. The molecule has 31 heavy (non-hydrogen) atoms. The summed E-state index contributed by atoms with van der Waals surface area (Å²) >= 11 is 0. The number of carbonyl (C=O) groups excluding carboxylic acids is 2. The highest BCUT2D eigenvalue weighted by Gasteiger charge is 2.32. The number of rotatable bonds is 6. The van der Waals surface area contributed by atoms with E-state index in [1.807, 2.05) is 42.5 Å². The van der Waals surface area contributed by atoms with Gasteiger partial charge in [0.05, 0.1) is 0 Å². The van der Waals surface area contributed by atoms with Crippen LogP contribution in [-0.2, 0) is 9.59 Å². The molecule has 0 aliphatic carbocycles. The molecule has 8 nitrogen and oxygen atoms in total. The Bertz CT molecular complexity index is 1030. The number of nitrogens with zero attached hydrogens (tertiary/aromatic N) is 3. The highest BCUT2D eigenvalue weighted by atomic mass is 16.5. The van der Waals surface area contributed by atoms with Crippen molar-refractivity contribution < 1.29 is 18.8 Å². The Kier molecular flexibility index (Phi) is 6.26. The molecule has 1 saturated heterocycles. The first-order chi connectivity index (χ1) is 15.1. The molecule has 160 valence electrons. The van der Waals surface area contributed by atoms with E-state index < -0.39 is 0 Å². The van der Waals surface area contributed by atoms with Gasteiger partial charge in [-0.2, -0.15) is 4.98 Å². The summed E-state index contributed by atoms with van der Waals surface area (Å²) in [5.41, 5.74) is 1.47. The van der Waals surface area contributed by atoms with E-state index >= 15 is 0 Å². The molecule has 0 saturated carbocycles. The van der Waals surface area contributed by atoms with Crippen molar-refractivity contribution in [1.29, 1.82) is 0 Å². The number of hydrogen-bond acceptors (Lipinski definition) is 6. The summed E-state index contributed by atoms with van der Waals surface area (Å²) in [6, 6.07) is 16.2. The minimum Gasteiger partial charge on any atom is -0.484 e. The van der Waals surface area contributed by atoms with E-state index in [1.54, 1.807) is 17.0 Å². The highest BCUT2D eigenvalue weighted by molar-refractivity contribution is 5.88. The molecule has 4 rings (SSSR count). The van der Waals surface area contributed by atoms with Gasteiger partial charge in [0.1, 0.15) is 11.8 Å². The largest absolute Gasteiger partial charge is 0.484 e. The lowest BCUT2D eigenvalue weighted by Crippen LogP contribution is -2.41. The number of hydrogen-bond donors (Lipinski definition) is 1. The molecule has 1 atom stereocenters. The first-order valence-electron chi connectivity index (χ1n) is 10.3. The molecule has 3 aromatic rings. The van der Waals surface area contributed by atoms with Gasteiger partial charge in [-0.3, -0.25) is 9.59 Å². The van der Waals surface area contributed by atoms with Gasteiger partial charge in [-0.15, -0.1) is 0 Å². The Morgan fingerprint density at radius 3 is 2.65 bits per heavy atom. The Balaban J connectivity index is 1.45. The van der Waals surface area contributed by atoms with E-state index in [4.69, 9.17) is 9.26 Å². The van der Waals surface area contributed by atoms with Crippen molar-refractivity contribution in [3.05, 3.63) is 60.5 Å². The van der Waals surface area contributed by atoms with Crippen LogP contribution in [0.2, 0.25) is 0 Å². The van der Waals surface area contributed by atoms with Crippen molar-refractivity contribution in [2.75, 3.05) is 18.5 Å². The third kappa shape index (κ3) is 5.09. The van der Waals surface area contributed by atoms with Gasteiger partial charge < -0.3 is 19.5 Å². The van der Waals surface area contributed by atoms with Gasteiger partial charge in [0.25, 0.3) is 5.91 Å². The number of benzene rings is 2. The van der Waals surface area contributed by atoms with Gasteiger partial charge in [-0.05, 0) is 55.7 Å². The number of amides is 2. The standard InChI is InChI=1S/C23H24N4O4/c1-16(28)24-18-12-10-17(11-13-18)22-25-23(31-26-22)20-9-5-6-14-27(20)21(29)15-30-19-7-3-2-4-8-19/h2-4,7-8,10-13,20H,5-6,9,14-15H2,1H3,(H,24,28). The molecule has 2 amide bonds. The van der Waals surface area contributed by atoms with E-state index in [0.717, 1.165) is 24.8 Å². The second-order valence-corrected chi connectivity index (χ2v) is 7.42. The molecule has 0 bridgehead atoms. The molecule has 2 heterocycles. The lowest BCUT2D eigenvalue weighted by molar-refractivity contribution is -0.138. The van der Waals surface area contributed by atoms with Crippen LogP contribution in [0, 0.1) is 0 Å². The smallest absolute Gasteiger partial charge is 0.261 e. The molecule has 1 aromatic heterocycles. The Labute approximate surface area is 180 Å². The number of nitrogens with one attached hydrogen (secondary N) is 1. The molecule has 0 spiro atoms. The van der Waals surface area contributed by atoms with E-state index in [1.165, 1.54) is 6.92 Å². The molecular weight excluding hydrogens is 396 g/mol. The van der Waals surface area contributed by atoms with Crippen LogP contribution < -0.4 is 10.1 Å². The van der Waals surface area contributed by atoms with Crippen molar-refractivity contribution in [3.63, 3.8) is 0 Å². The van der Waals surface area contributed by atoms with E-state index in [2.05, 4.69) is 15.5 Å². The van der Waals surface area contributed by atoms with Gasteiger partial charge in [0.2, 0.25) is 17.6 Å². The molecule has 0 radical (unpaired) electrons. The average Bonchev–Trinajstić information content (AvgIpc) is 3.28. The van der Waals surface area contributed by atoms with Crippen molar-refractivity contribution >= 4 is 17.5 Å². The molecule has 8 heteroatoms. The van der Waals surface area contributed by atoms with Gasteiger partial charge in [-0.25, -0.2) is 0 Å². The zero-order chi connectivity index (χ0) is 21.6. The van der Waals surface area contributed by atoms with Crippen LogP contribution in [0.3, 0.4) is 0 Å². The maximum Gasteiger partial charge on any atom is 0.261 e. The lowest BCUT2D eigenvalue weighted by Gasteiger charge is -2.33. The van der Waals surface area contributed by atoms with Gasteiger partial charge in [0.15, 0.2) is 6.61 Å². The van der Waals surface area contributed by atoms with Crippen molar-refractivity contribution in [1.82, 2.24) is 15.0 Å². The van der Waals surface area contributed by atoms with Gasteiger partial charge >= 0.3 is 0 Å². The van der Waals surface area contributed by atoms with Crippen molar-refractivity contribution in [2.24, 2.45) is 0 Å². The second kappa shape index (κ2) is 9.42. The molecular formula is C23H24N4O4. The van der Waals surface area contributed by atoms with E-state index in [-0.39, 0.29) is 24.5 Å². The average molecular weight is 420 g/mol. The molecule has 2 aromatic carbocycles. The number of ether oxygens (including phenoxy) is 1. The lowest BCUT2D eigenvalue weighted by atomic mass is 10.0. The predicted molar refractivity (Wildman–Crippen MR) is 114 cm³/mol. The number of anilines is 1. The summed E-state index contributed by atoms with van der Waals surface area (Å²) in [4.78, 5) is 30.3. The minimum atomic E-state index is -0.263. The number of carbonyl (C=O) groups is 2. The fraction of sp³-hybridized carbons (Fsp3) is 0.304. The normalized spacial score (nSPS) is 16.0. The second-order valence-electron chi connectivity index (χ2n) is 7.42. The molecule has 1 fully saturated rings. The van der Waals surface area contributed by atoms with Crippen LogP contribution in [0.4, 0.5) is 5.69 Å². The first-order valence-corrected chi connectivity index (χ1v) is 10.3. The summed E-state index contributed by atoms with van der Waals surface area (Å²) in [5, 5.41) is 6.82. The zero-order valence-corrected chi connectivity index (χ0v) is 17.3. The van der Waals surface area contributed by atoms with Crippen molar-refractivity contribution in [3.8, 4) is 17.1 Å². The fourth-order valence-electron chi connectivity index (χ4n) is 3.63. The molecule has 1 unspecified atom stereocenters. The number of aromatic nitrogens is 2. The Morgan fingerprint density at radius 2 is 1.90 bits per heavy atom. The Morgan fingerprint density at radius 1 is 1.13 bits per heavy atom. The van der Waals surface area contributed by atoms with Crippen LogP contribution in [0.25, 0.3) is 11.4 Å². The number of likely N-dealkylation sites (tertiary alicyclic amines) is 1. The summed E-state index contributed by atoms with van der Waals surface area (Å²) < 4.78 is 11.2. The van der Waals surface area contributed by atoms with Gasteiger partial charge in [-0.1, -0.05) is 23.4 Å². The topological polar surface area (TPSA) is 97.6 Å². The Hall–Kier alpha value is -3.68. The molecule has 1 aliphatic heterocycles. The van der Waals surface area contributed by atoms with Crippen LogP contribution in [0.1, 0.15) is 38.1 Å². The third-order valence-electron chi connectivity index (χ3n) is 5.12. The summed E-state index contributed by atoms with van der Waals surface area (Å²) in [6.07, 6.45) is 2.68. The summed E-state index contributed by atoms with van der Waals surface area (Å²) in [5.74, 6) is 1.30. The summed E-state index contributed by atoms with van der Waals surface area (Å²) in [6.45, 7) is 2.05. The molecule has 1 N–H and O–H groups in total. The van der Waals surface area contributed by atoms with E-state index in [9.17, 15) is 9.59 Å². The number of piperidine rings is 1.